The topological polar surface area (TPSA) is 93.2 Å². The summed E-state index contributed by atoms with van der Waals surface area (Å²) in [6.07, 6.45) is 0. The fraction of sp³-hybridized carbons (Fsp3) is 0.259. The molecule has 5 rings (SSSR count). The van der Waals surface area contributed by atoms with E-state index in [2.05, 4.69) is 0 Å². The van der Waals surface area contributed by atoms with Crippen LogP contribution >= 0.6 is 0 Å². The molecule has 0 aromatic heterocycles. The minimum absolute atomic E-state index is 0.0625. The van der Waals surface area contributed by atoms with Gasteiger partial charge in [0.15, 0.2) is 0 Å². The van der Waals surface area contributed by atoms with Crippen LogP contribution in [0.2, 0.25) is 0 Å². The van der Waals surface area contributed by atoms with Crippen LogP contribution in [-0.4, -0.2) is 65.3 Å². The number of ether oxygens (including phenoxy) is 2. The van der Waals surface area contributed by atoms with Crippen LogP contribution in [0.15, 0.2) is 82.6 Å². The van der Waals surface area contributed by atoms with Crippen LogP contribution in [0.1, 0.15) is 6.92 Å². The van der Waals surface area contributed by atoms with Crippen LogP contribution in [0.5, 0.6) is 11.5 Å². The third kappa shape index (κ3) is 4.66. The Kier molecular flexibility index (Phi) is 6.61. The molecule has 1 heterocycles. The third-order valence-corrected chi connectivity index (χ3v) is 10.7. The van der Waals surface area contributed by atoms with Crippen LogP contribution in [-0.2, 0) is 20.0 Å². The van der Waals surface area contributed by atoms with Crippen molar-refractivity contribution in [3.05, 3.63) is 72.8 Å². The number of rotatable bonds is 6. The number of sulfonamides is 2. The van der Waals surface area contributed by atoms with E-state index in [0.29, 0.717) is 11.5 Å². The molecule has 37 heavy (non-hydrogen) atoms. The van der Waals surface area contributed by atoms with E-state index < -0.39 is 26.1 Å². The highest BCUT2D eigenvalue weighted by atomic mass is 32.2. The van der Waals surface area contributed by atoms with Crippen LogP contribution in [0.4, 0.5) is 0 Å². The molecule has 10 heteroatoms. The summed E-state index contributed by atoms with van der Waals surface area (Å²) in [6.45, 7) is 1.93. The summed E-state index contributed by atoms with van der Waals surface area (Å²) in [7, 11) is -4.46. The number of hydrogen-bond acceptors (Lipinski definition) is 6. The first-order chi connectivity index (χ1) is 17.6. The Morgan fingerprint density at radius 1 is 0.649 bits per heavy atom. The molecule has 194 valence electrons. The molecule has 0 unspecified atom stereocenters. The summed E-state index contributed by atoms with van der Waals surface area (Å²) in [5.74, 6) is 1.39. The third-order valence-electron chi connectivity index (χ3n) is 6.81. The maximum absolute atomic E-state index is 13.5. The molecular weight excluding hydrogens is 512 g/mol. The first-order valence-corrected chi connectivity index (χ1v) is 14.7. The standard InChI is InChI=1S/C27H28N2O6S2/c1-19-18-28(36(30,31)26-10-6-20-14-24(34-2)8-4-22(20)16-26)12-13-29(19)37(32,33)27-11-7-21-15-25(35-3)9-5-23(21)17-27/h4-11,14-17,19H,12-13,18H2,1-3H3/t19-/m0/s1. The highest BCUT2D eigenvalue weighted by Crippen LogP contribution is 2.30. The maximum atomic E-state index is 13.5. The molecule has 0 radical (unpaired) electrons. The molecule has 1 aliphatic heterocycles. The van der Waals surface area contributed by atoms with Gasteiger partial charge in [0.05, 0.1) is 24.0 Å². The predicted molar refractivity (Wildman–Crippen MR) is 143 cm³/mol. The number of benzene rings is 4. The van der Waals surface area contributed by atoms with E-state index in [1.165, 1.54) is 8.61 Å². The van der Waals surface area contributed by atoms with Gasteiger partial charge < -0.3 is 9.47 Å². The van der Waals surface area contributed by atoms with Crippen molar-refractivity contribution in [1.82, 2.24) is 8.61 Å². The van der Waals surface area contributed by atoms with Crippen molar-refractivity contribution in [1.29, 1.82) is 0 Å². The average Bonchev–Trinajstić information content (AvgIpc) is 2.91. The highest BCUT2D eigenvalue weighted by molar-refractivity contribution is 7.89. The van der Waals surface area contributed by atoms with Crippen LogP contribution in [0.3, 0.4) is 0 Å². The lowest BCUT2D eigenvalue weighted by atomic mass is 10.1. The van der Waals surface area contributed by atoms with Gasteiger partial charge in [-0.1, -0.05) is 24.3 Å². The number of methoxy groups -OCH3 is 2. The fourth-order valence-corrected chi connectivity index (χ4v) is 7.94. The van der Waals surface area contributed by atoms with Crippen molar-refractivity contribution in [2.24, 2.45) is 0 Å². The lowest BCUT2D eigenvalue weighted by molar-refractivity contribution is 0.212. The van der Waals surface area contributed by atoms with E-state index in [1.54, 1.807) is 69.7 Å². The smallest absolute Gasteiger partial charge is 0.243 e. The Bertz CT molecular complexity index is 1700. The van der Waals surface area contributed by atoms with Crippen LogP contribution in [0, 0.1) is 0 Å². The van der Waals surface area contributed by atoms with Gasteiger partial charge in [0.1, 0.15) is 11.5 Å². The summed E-state index contributed by atoms with van der Waals surface area (Å²) in [5.41, 5.74) is 0. The van der Waals surface area contributed by atoms with Crippen LogP contribution in [0.25, 0.3) is 21.5 Å². The molecular formula is C27H28N2O6S2. The van der Waals surface area contributed by atoms with Crippen molar-refractivity contribution < 1.29 is 26.3 Å². The lowest BCUT2D eigenvalue weighted by Crippen LogP contribution is -2.55. The van der Waals surface area contributed by atoms with E-state index >= 15 is 0 Å². The van der Waals surface area contributed by atoms with Crippen molar-refractivity contribution in [2.75, 3.05) is 33.9 Å². The predicted octanol–water partition coefficient (Wildman–Crippen LogP) is 4.09. The molecule has 0 bridgehead atoms. The Hall–Kier alpha value is -3.18. The summed E-state index contributed by atoms with van der Waals surface area (Å²) in [5, 5.41) is 3.31. The minimum atomic E-state index is -3.82. The monoisotopic (exact) mass is 540 g/mol. The van der Waals surface area contributed by atoms with Gasteiger partial charge in [-0.25, -0.2) is 16.8 Å². The second kappa shape index (κ2) is 9.60. The molecule has 0 spiro atoms. The normalized spacial score (nSPS) is 17.8. The quantitative estimate of drug-likeness (QED) is 0.366. The number of fused-ring (bicyclic) bond motifs is 2. The molecule has 0 saturated carbocycles. The van der Waals surface area contributed by atoms with Crippen molar-refractivity contribution in [3.8, 4) is 11.5 Å². The number of piperazine rings is 1. The van der Waals surface area contributed by atoms with Gasteiger partial charge in [0.2, 0.25) is 20.0 Å². The summed E-state index contributed by atoms with van der Waals surface area (Å²) < 4.78 is 67.2. The Morgan fingerprint density at radius 3 is 1.59 bits per heavy atom. The first-order valence-electron chi connectivity index (χ1n) is 11.8. The minimum Gasteiger partial charge on any atom is -0.497 e. The van der Waals surface area contributed by atoms with E-state index in [1.807, 2.05) is 24.3 Å². The molecule has 1 saturated heterocycles. The molecule has 1 aliphatic rings. The maximum Gasteiger partial charge on any atom is 0.243 e. The zero-order chi connectivity index (χ0) is 26.4. The van der Waals surface area contributed by atoms with Crippen molar-refractivity contribution in [3.63, 3.8) is 0 Å². The fourth-order valence-electron chi connectivity index (χ4n) is 4.75. The highest BCUT2D eigenvalue weighted by Gasteiger charge is 2.38. The molecule has 4 aromatic carbocycles. The van der Waals surface area contributed by atoms with E-state index in [-0.39, 0.29) is 29.4 Å². The molecule has 0 aliphatic carbocycles. The molecule has 0 N–H and O–H groups in total. The van der Waals surface area contributed by atoms with Gasteiger partial charge in [0, 0.05) is 25.7 Å². The van der Waals surface area contributed by atoms with Gasteiger partial charge in [-0.2, -0.15) is 8.61 Å². The molecule has 4 aromatic rings. The second-order valence-corrected chi connectivity index (χ2v) is 12.9. The van der Waals surface area contributed by atoms with E-state index in [9.17, 15) is 16.8 Å². The zero-order valence-corrected chi connectivity index (χ0v) is 22.4. The summed E-state index contributed by atoms with van der Waals surface area (Å²) in [6, 6.07) is 20.3. The second-order valence-electron chi connectivity index (χ2n) is 9.08. The largest absolute Gasteiger partial charge is 0.497 e. The molecule has 1 atom stereocenters. The van der Waals surface area contributed by atoms with Gasteiger partial charge in [-0.05, 0) is 77.0 Å². The SMILES string of the molecule is COc1ccc2cc(S(=O)(=O)N3CCN(S(=O)(=O)c4ccc5cc(OC)ccc5c4)[C@@H](C)C3)ccc2c1. The first kappa shape index (κ1) is 25.5. The van der Waals surface area contributed by atoms with Crippen molar-refractivity contribution >= 4 is 41.6 Å². The van der Waals surface area contributed by atoms with E-state index in [0.717, 1.165) is 21.5 Å². The van der Waals surface area contributed by atoms with E-state index in [4.69, 9.17) is 9.47 Å². The van der Waals surface area contributed by atoms with Gasteiger partial charge in [0.25, 0.3) is 0 Å². The average molecular weight is 541 g/mol. The molecule has 0 amide bonds. The van der Waals surface area contributed by atoms with Crippen molar-refractivity contribution in [2.45, 2.75) is 22.8 Å². The molecule has 8 nitrogen and oxygen atoms in total. The number of hydrogen-bond donors (Lipinski definition) is 0. The molecule has 1 fully saturated rings. The zero-order valence-electron chi connectivity index (χ0n) is 20.8. The Balaban J connectivity index is 1.37. The lowest BCUT2D eigenvalue weighted by Gasteiger charge is -2.38. The van der Waals surface area contributed by atoms with Gasteiger partial charge in [-0.15, -0.1) is 0 Å². The Labute approximate surface area is 217 Å². The summed E-state index contributed by atoms with van der Waals surface area (Å²) in [4.78, 5) is 0.358. The van der Waals surface area contributed by atoms with Gasteiger partial charge in [-0.3, -0.25) is 0 Å². The summed E-state index contributed by atoms with van der Waals surface area (Å²) >= 11 is 0. The number of nitrogens with zero attached hydrogens (tertiary/aromatic N) is 2. The van der Waals surface area contributed by atoms with Crippen LogP contribution < -0.4 is 9.47 Å². The Morgan fingerprint density at radius 2 is 1.11 bits per heavy atom. The van der Waals surface area contributed by atoms with Gasteiger partial charge >= 0.3 is 0 Å².